The summed E-state index contributed by atoms with van der Waals surface area (Å²) in [4.78, 5) is 29.9. The number of amides is 1. The van der Waals surface area contributed by atoms with Crippen LogP contribution >= 0.6 is 11.3 Å². The quantitative estimate of drug-likeness (QED) is 0.664. The zero-order valence-corrected chi connectivity index (χ0v) is 17.0. The Morgan fingerprint density at radius 1 is 1.17 bits per heavy atom. The molecule has 1 aliphatic rings. The summed E-state index contributed by atoms with van der Waals surface area (Å²) in [6, 6.07) is 8.44. The van der Waals surface area contributed by atoms with Crippen LogP contribution in [0.2, 0.25) is 0 Å². The average Bonchev–Trinajstić information content (AvgIpc) is 3.23. The van der Waals surface area contributed by atoms with E-state index in [9.17, 15) is 14.0 Å². The van der Waals surface area contributed by atoms with Gasteiger partial charge in [-0.15, -0.1) is 11.3 Å². The molecule has 7 heteroatoms. The van der Waals surface area contributed by atoms with E-state index in [1.54, 1.807) is 6.07 Å². The maximum Gasteiger partial charge on any atom is 0.262 e. The van der Waals surface area contributed by atoms with Gasteiger partial charge in [0.05, 0.1) is 11.7 Å². The van der Waals surface area contributed by atoms with Crippen LogP contribution in [0, 0.1) is 5.82 Å². The molecule has 2 heterocycles. The van der Waals surface area contributed by atoms with Crippen molar-refractivity contribution in [1.29, 1.82) is 0 Å². The Hall–Kier alpha value is -2.54. The van der Waals surface area contributed by atoms with E-state index < -0.39 is 0 Å². The fourth-order valence-electron chi connectivity index (χ4n) is 4.23. The third-order valence-corrected chi connectivity index (χ3v) is 6.74. The van der Waals surface area contributed by atoms with Crippen LogP contribution in [0.15, 0.2) is 46.8 Å². The first-order valence-corrected chi connectivity index (χ1v) is 10.9. The molecule has 5 nitrogen and oxygen atoms in total. The number of thiophene rings is 1. The lowest BCUT2D eigenvalue weighted by molar-refractivity contribution is -0.121. The normalized spacial score (nSPS) is 16.0. The molecular formula is C22H24FN3O2S. The van der Waals surface area contributed by atoms with Gasteiger partial charge in [-0.1, -0.05) is 31.4 Å². The van der Waals surface area contributed by atoms with Crippen LogP contribution < -0.4 is 10.9 Å². The fourth-order valence-corrected chi connectivity index (χ4v) is 4.95. The number of nitrogens with zero attached hydrogens (tertiary/aromatic N) is 2. The van der Waals surface area contributed by atoms with Gasteiger partial charge in [-0.2, -0.15) is 0 Å². The second-order valence-electron chi connectivity index (χ2n) is 7.76. The third-order valence-electron chi connectivity index (χ3n) is 5.92. The Morgan fingerprint density at radius 3 is 2.69 bits per heavy atom. The van der Waals surface area contributed by atoms with E-state index in [0.29, 0.717) is 23.3 Å². The first-order chi connectivity index (χ1) is 14.1. The summed E-state index contributed by atoms with van der Waals surface area (Å²) in [6.07, 6.45) is 7.10. The van der Waals surface area contributed by atoms with Crippen molar-refractivity contribution >= 4 is 27.5 Å². The lowest BCUT2D eigenvalue weighted by Crippen LogP contribution is -2.42. The van der Waals surface area contributed by atoms with Crippen molar-refractivity contribution in [1.82, 2.24) is 14.9 Å². The van der Waals surface area contributed by atoms with Crippen LogP contribution in [0.25, 0.3) is 10.2 Å². The standard InChI is InChI=1S/C22H24FN3O2S/c23-17-6-4-16(5-7-17)22(10-2-1-3-11-22)14-24-19(27)8-12-26-15-25-20-18(21(26)28)9-13-29-20/h4-7,9,13,15H,1-3,8,10-12,14H2,(H,24,27). The highest BCUT2D eigenvalue weighted by Gasteiger charge is 2.34. The molecule has 3 aromatic rings. The Labute approximate surface area is 172 Å². The first-order valence-electron chi connectivity index (χ1n) is 10.0. The molecule has 1 fully saturated rings. The van der Waals surface area contributed by atoms with Crippen LogP contribution in [0.3, 0.4) is 0 Å². The maximum atomic E-state index is 13.4. The third kappa shape index (κ3) is 4.24. The van der Waals surface area contributed by atoms with E-state index in [1.807, 2.05) is 17.5 Å². The van der Waals surface area contributed by atoms with Crippen LogP contribution in [0.4, 0.5) is 4.39 Å². The lowest BCUT2D eigenvalue weighted by Gasteiger charge is -2.38. The van der Waals surface area contributed by atoms with E-state index in [-0.39, 0.29) is 29.1 Å². The lowest BCUT2D eigenvalue weighted by atomic mass is 9.69. The van der Waals surface area contributed by atoms with E-state index in [2.05, 4.69) is 10.3 Å². The number of nitrogens with one attached hydrogen (secondary N) is 1. The number of carbonyl (C=O) groups is 1. The highest BCUT2D eigenvalue weighted by atomic mass is 32.1. The molecule has 0 spiro atoms. The number of hydrogen-bond donors (Lipinski definition) is 1. The van der Waals surface area contributed by atoms with Crippen molar-refractivity contribution < 1.29 is 9.18 Å². The number of benzene rings is 1. The van der Waals surface area contributed by atoms with Gasteiger partial charge in [0.25, 0.3) is 5.56 Å². The van der Waals surface area contributed by atoms with Crippen molar-refractivity contribution in [2.24, 2.45) is 0 Å². The van der Waals surface area contributed by atoms with E-state index in [1.165, 1.54) is 40.8 Å². The summed E-state index contributed by atoms with van der Waals surface area (Å²) in [7, 11) is 0. The Kier molecular flexibility index (Phi) is 5.76. The number of aromatic nitrogens is 2. The molecular weight excluding hydrogens is 389 g/mol. The molecule has 4 rings (SSSR count). The fraction of sp³-hybridized carbons (Fsp3) is 0.409. The molecule has 152 valence electrons. The predicted molar refractivity (Wildman–Crippen MR) is 113 cm³/mol. The zero-order chi connectivity index (χ0) is 20.3. The number of carbonyl (C=O) groups excluding carboxylic acids is 1. The van der Waals surface area contributed by atoms with Gasteiger partial charge in [-0.25, -0.2) is 9.37 Å². The van der Waals surface area contributed by atoms with E-state index >= 15 is 0 Å². The molecule has 0 atom stereocenters. The summed E-state index contributed by atoms with van der Waals surface area (Å²) in [5.74, 6) is -0.334. The number of hydrogen-bond acceptors (Lipinski definition) is 4. The van der Waals surface area contributed by atoms with Gasteiger partial charge < -0.3 is 5.32 Å². The molecule has 0 bridgehead atoms. The van der Waals surface area contributed by atoms with Crippen LogP contribution in [-0.4, -0.2) is 22.0 Å². The van der Waals surface area contributed by atoms with Gasteiger partial charge in [0.2, 0.25) is 5.91 Å². The monoisotopic (exact) mass is 413 g/mol. The van der Waals surface area contributed by atoms with E-state index in [4.69, 9.17) is 0 Å². The molecule has 0 aliphatic heterocycles. The highest BCUT2D eigenvalue weighted by Crippen LogP contribution is 2.39. The minimum absolute atomic E-state index is 0.0885. The highest BCUT2D eigenvalue weighted by molar-refractivity contribution is 7.16. The molecule has 0 saturated heterocycles. The minimum Gasteiger partial charge on any atom is -0.355 e. The van der Waals surface area contributed by atoms with Crippen LogP contribution in [0.5, 0.6) is 0 Å². The van der Waals surface area contributed by atoms with Crippen molar-refractivity contribution in [3.63, 3.8) is 0 Å². The summed E-state index contributed by atoms with van der Waals surface area (Å²) in [5.41, 5.74) is 0.830. The second-order valence-corrected chi connectivity index (χ2v) is 8.65. The average molecular weight is 414 g/mol. The zero-order valence-electron chi connectivity index (χ0n) is 16.2. The number of rotatable bonds is 6. The van der Waals surface area contributed by atoms with Crippen LogP contribution in [-0.2, 0) is 16.8 Å². The molecule has 1 aromatic carbocycles. The van der Waals surface area contributed by atoms with Gasteiger partial charge in [0.1, 0.15) is 10.6 Å². The van der Waals surface area contributed by atoms with E-state index in [0.717, 1.165) is 31.2 Å². The number of aryl methyl sites for hydroxylation is 1. The molecule has 1 amide bonds. The van der Waals surface area contributed by atoms with Crippen LogP contribution in [0.1, 0.15) is 44.1 Å². The topological polar surface area (TPSA) is 64.0 Å². The van der Waals surface area contributed by atoms with Gasteiger partial charge in [0.15, 0.2) is 0 Å². The minimum atomic E-state index is -0.245. The maximum absolute atomic E-state index is 13.4. The van der Waals surface area contributed by atoms with Gasteiger partial charge in [-0.05, 0) is 42.0 Å². The van der Waals surface area contributed by atoms with Gasteiger partial charge >= 0.3 is 0 Å². The summed E-state index contributed by atoms with van der Waals surface area (Å²) in [5, 5.41) is 5.50. The largest absolute Gasteiger partial charge is 0.355 e. The Morgan fingerprint density at radius 2 is 1.93 bits per heavy atom. The predicted octanol–water partition coefficient (Wildman–Crippen LogP) is 4.01. The van der Waals surface area contributed by atoms with Gasteiger partial charge in [0, 0.05) is 24.9 Å². The number of fused-ring (bicyclic) bond motifs is 1. The van der Waals surface area contributed by atoms with Crippen molar-refractivity contribution in [2.75, 3.05) is 6.54 Å². The SMILES string of the molecule is O=C(CCn1cnc2sccc2c1=O)NCC1(c2ccc(F)cc2)CCCCC1. The summed E-state index contributed by atoms with van der Waals surface area (Å²) in [6.45, 7) is 0.835. The number of halogens is 1. The summed E-state index contributed by atoms with van der Waals surface area (Å²) < 4.78 is 14.9. The van der Waals surface area contributed by atoms with Gasteiger partial charge in [-0.3, -0.25) is 14.2 Å². The Bertz CT molecular complexity index is 1050. The molecule has 1 N–H and O–H groups in total. The van der Waals surface area contributed by atoms with Crippen molar-refractivity contribution in [3.05, 3.63) is 63.8 Å². The van der Waals surface area contributed by atoms with Crippen molar-refractivity contribution in [3.8, 4) is 0 Å². The molecule has 1 saturated carbocycles. The first kappa shape index (κ1) is 19.8. The molecule has 0 unspecified atom stereocenters. The van der Waals surface area contributed by atoms with Crippen molar-refractivity contribution in [2.45, 2.75) is 50.5 Å². The molecule has 0 radical (unpaired) electrons. The second kappa shape index (κ2) is 8.45. The Balaban J connectivity index is 1.40. The molecule has 1 aliphatic carbocycles. The molecule has 29 heavy (non-hydrogen) atoms. The smallest absolute Gasteiger partial charge is 0.262 e. The molecule has 2 aromatic heterocycles. The summed E-state index contributed by atoms with van der Waals surface area (Å²) >= 11 is 1.43.